The van der Waals surface area contributed by atoms with Gasteiger partial charge in [-0.3, -0.25) is 0 Å². The SMILES string of the molecule is CN1CCN(c2ccc(CNC(=O)NCC3(c4ccccc4)CCC3)cn2)CC1. The first-order valence-electron chi connectivity index (χ1n) is 10.6. The first kappa shape index (κ1) is 19.7. The molecule has 2 aliphatic rings. The summed E-state index contributed by atoms with van der Waals surface area (Å²) in [6.07, 6.45) is 5.36. The molecule has 0 spiro atoms. The monoisotopic (exact) mass is 393 g/mol. The third-order valence-corrected chi connectivity index (χ3v) is 6.37. The molecule has 6 heteroatoms. The number of nitrogens with one attached hydrogen (secondary N) is 2. The minimum Gasteiger partial charge on any atom is -0.354 e. The maximum atomic E-state index is 12.3. The summed E-state index contributed by atoms with van der Waals surface area (Å²) in [6.45, 7) is 5.31. The molecule has 1 aromatic heterocycles. The molecule has 1 aliphatic carbocycles. The van der Waals surface area contributed by atoms with E-state index in [4.69, 9.17) is 0 Å². The number of urea groups is 1. The van der Waals surface area contributed by atoms with E-state index in [-0.39, 0.29) is 11.4 Å². The Kier molecular flexibility index (Phi) is 6.00. The van der Waals surface area contributed by atoms with Gasteiger partial charge in [-0.05, 0) is 37.1 Å². The Morgan fingerprint density at radius 1 is 1.03 bits per heavy atom. The number of carbonyl (C=O) groups excluding carboxylic acids is 1. The summed E-state index contributed by atoms with van der Waals surface area (Å²) in [5, 5.41) is 6.04. The van der Waals surface area contributed by atoms with Crippen LogP contribution in [0.5, 0.6) is 0 Å². The maximum absolute atomic E-state index is 12.3. The molecule has 2 N–H and O–H groups in total. The second-order valence-corrected chi connectivity index (χ2v) is 8.35. The average molecular weight is 394 g/mol. The van der Waals surface area contributed by atoms with E-state index >= 15 is 0 Å². The summed E-state index contributed by atoms with van der Waals surface area (Å²) in [7, 11) is 2.15. The van der Waals surface area contributed by atoms with Crippen molar-refractivity contribution in [2.75, 3.05) is 44.7 Å². The summed E-state index contributed by atoms with van der Waals surface area (Å²) < 4.78 is 0. The first-order valence-corrected chi connectivity index (χ1v) is 10.6. The number of amides is 2. The van der Waals surface area contributed by atoms with Gasteiger partial charge in [0.25, 0.3) is 0 Å². The Bertz CT molecular complexity index is 796. The minimum absolute atomic E-state index is 0.102. The predicted octanol–water partition coefficient (Wildman–Crippen LogP) is 2.75. The van der Waals surface area contributed by atoms with Crippen molar-refractivity contribution in [2.24, 2.45) is 0 Å². The summed E-state index contributed by atoms with van der Waals surface area (Å²) in [6, 6.07) is 14.5. The summed E-state index contributed by atoms with van der Waals surface area (Å²) >= 11 is 0. The number of likely N-dealkylation sites (N-methyl/N-ethyl adjacent to an activating group) is 1. The lowest BCUT2D eigenvalue weighted by Gasteiger charge is -2.42. The third kappa shape index (κ3) is 4.70. The van der Waals surface area contributed by atoms with Crippen molar-refractivity contribution in [2.45, 2.75) is 31.2 Å². The third-order valence-electron chi connectivity index (χ3n) is 6.37. The van der Waals surface area contributed by atoms with Crippen LogP contribution in [0, 0.1) is 0 Å². The van der Waals surface area contributed by atoms with Crippen molar-refractivity contribution >= 4 is 11.8 Å². The van der Waals surface area contributed by atoms with Gasteiger partial charge in [0, 0.05) is 50.9 Å². The van der Waals surface area contributed by atoms with Crippen molar-refractivity contribution in [3.05, 3.63) is 59.8 Å². The van der Waals surface area contributed by atoms with Crippen LogP contribution in [-0.4, -0.2) is 55.7 Å². The molecule has 0 bridgehead atoms. The number of hydrogen-bond donors (Lipinski definition) is 2. The van der Waals surface area contributed by atoms with Crippen LogP contribution in [0.2, 0.25) is 0 Å². The van der Waals surface area contributed by atoms with Gasteiger partial charge in [-0.2, -0.15) is 0 Å². The number of benzene rings is 1. The fourth-order valence-electron chi connectivity index (χ4n) is 4.20. The number of aromatic nitrogens is 1. The van der Waals surface area contributed by atoms with Crippen LogP contribution in [-0.2, 0) is 12.0 Å². The highest BCUT2D eigenvalue weighted by Gasteiger charge is 2.38. The average Bonchev–Trinajstić information content (AvgIpc) is 2.73. The highest BCUT2D eigenvalue weighted by atomic mass is 16.2. The molecule has 1 aromatic carbocycles. The van der Waals surface area contributed by atoms with Crippen LogP contribution in [0.4, 0.5) is 10.6 Å². The summed E-state index contributed by atoms with van der Waals surface area (Å²) in [5.74, 6) is 1.01. The molecule has 2 amide bonds. The lowest BCUT2D eigenvalue weighted by Crippen LogP contribution is -2.48. The quantitative estimate of drug-likeness (QED) is 0.792. The second kappa shape index (κ2) is 8.82. The van der Waals surface area contributed by atoms with Gasteiger partial charge in [-0.25, -0.2) is 9.78 Å². The minimum atomic E-state index is -0.115. The molecule has 0 atom stereocenters. The molecule has 1 saturated heterocycles. The Morgan fingerprint density at radius 3 is 2.41 bits per heavy atom. The molecule has 1 aliphatic heterocycles. The normalized spacial score (nSPS) is 18.7. The van der Waals surface area contributed by atoms with E-state index in [2.05, 4.69) is 68.9 Å². The van der Waals surface area contributed by atoms with Gasteiger partial charge in [0.15, 0.2) is 0 Å². The first-order chi connectivity index (χ1) is 14.1. The Balaban J connectivity index is 1.24. The molecular weight excluding hydrogens is 362 g/mol. The largest absolute Gasteiger partial charge is 0.354 e. The van der Waals surface area contributed by atoms with Gasteiger partial charge >= 0.3 is 6.03 Å². The van der Waals surface area contributed by atoms with Crippen molar-refractivity contribution in [1.82, 2.24) is 20.5 Å². The van der Waals surface area contributed by atoms with Crippen molar-refractivity contribution in [1.29, 1.82) is 0 Å². The summed E-state index contributed by atoms with van der Waals surface area (Å²) in [4.78, 5) is 21.6. The molecule has 1 saturated carbocycles. The van der Waals surface area contributed by atoms with Gasteiger partial charge in [-0.15, -0.1) is 0 Å². The zero-order chi connectivity index (χ0) is 20.1. The maximum Gasteiger partial charge on any atom is 0.315 e. The number of pyridine rings is 1. The van der Waals surface area contributed by atoms with E-state index in [1.54, 1.807) is 0 Å². The Labute approximate surface area is 173 Å². The van der Waals surface area contributed by atoms with E-state index < -0.39 is 0 Å². The molecule has 2 heterocycles. The lowest BCUT2D eigenvalue weighted by atomic mass is 9.64. The number of anilines is 1. The van der Waals surface area contributed by atoms with Gasteiger partial charge in [-0.1, -0.05) is 42.8 Å². The number of hydrogen-bond acceptors (Lipinski definition) is 4. The number of piperazine rings is 1. The number of carbonyl (C=O) groups is 1. The van der Waals surface area contributed by atoms with Gasteiger partial charge in [0.1, 0.15) is 5.82 Å². The lowest BCUT2D eigenvalue weighted by molar-refractivity contribution is 0.214. The van der Waals surface area contributed by atoms with Crippen molar-refractivity contribution in [3.63, 3.8) is 0 Å². The standard InChI is InChI=1S/C23H31N5O/c1-27-12-14-28(15-13-27)21-9-8-19(16-24-21)17-25-22(29)26-18-23(10-5-11-23)20-6-3-2-4-7-20/h2-4,6-9,16H,5,10-15,17-18H2,1H3,(H2,25,26,29). The molecule has 4 rings (SSSR count). The highest BCUT2D eigenvalue weighted by molar-refractivity contribution is 5.74. The fraction of sp³-hybridized carbons (Fsp3) is 0.478. The Hall–Kier alpha value is -2.60. The number of rotatable bonds is 6. The van der Waals surface area contributed by atoms with Crippen molar-refractivity contribution < 1.29 is 4.79 Å². The van der Waals surface area contributed by atoms with Crippen LogP contribution in [0.25, 0.3) is 0 Å². The number of nitrogens with zero attached hydrogens (tertiary/aromatic N) is 3. The van der Waals surface area contributed by atoms with Crippen LogP contribution in [0.15, 0.2) is 48.7 Å². The zero-order valence-electron chi connectivity index (χ0n) is 17.2. The van der Waals surface area contributed by atoms with E-state index in [1.165, 1.54) is 12.0 Å². The van der Waals surface area contributed by atoms with E-state index in [9.17, 15) is 4.79 Å². The molecule has 2 fully saturated rings. The van der Waals surface area contributed by atoms with Crippen LogP contribution in [0.3, 0.4) is 0 Å². The van der Waals surface area contributed by atoms with E-state index in [1.807, 2.05) is 12.3 Å². The molecular formula is C23H31N5O. The fourth-order valence-corrected chi connectivity index (χ4v) is 4.20. The van der Waals surface area contributed by atoms with Gasteiger partial charge in [0.05, 0.1) is 0 Å². The zero-order valence-corrected chi connectivity index (χ0v) is 17.2. The topological polar surface area (TPSA) is 60.5 Å². The summed E-state index contributed by atoms with van der Waals surface area (Å²) in [5.41, 5.74) is 2.44. The Morgan fingerprint density at radius 2 is 1.79 bits per heavy atom. The molecule has 29 heavy (non-hydrogen) atoms. The van der Waals surface area contributed by atoms with Crippen LogP contribution >= 0.6 is 0 Å². The molecule has 154 valence electrons. The van der Waals surface area contributed by atoms with Crippen LogP contribution in [0.1, 0.15) is 30.4 Å². The molecule has 6 nitrogen and oxygen atoms in total. The van der Waals surface area contributed by atoms with Crippen molar-refractivity contribution in [3.8, 4) is 0 Å². The van der Waals surface area contributed by atoms with E-state index in [0.717, 1.165) is 50.4 Å². The molecule has 0 unspecified atom stereocenters. The second-order valence-electron chi connectivity index (χ2n) is 8.35. The molecule has 2 aromatic rings. The van der Waals surface area contributed by atoms with Gasteiger partial charge < -0.3 is 20.4 Å². The highest BCUT2D eigenvalue weighted by Crippen LogP contribution is 2.43. The smallest absolute Gasteiger partial charge is 0.315 e. The van der Waals surface area contributed by atoms with Gasteiger partial charge in [0.2, 0.25) is 0 Å². The predicted molar refractivity (Wildman–Crippen MR) is 116 cm³/mol. The van der Waals surface area contributed by atoms with E-state index in [0.29, 0.717) is 13.1 Å². The van der Waals surface area contributed by atoms with Crippen LogP contribution < -0.4 is 15.5 Å². The molecule has 0 radical (unpaired) electrons.